The predicted molar refractivity (Wildman–Crippen MR) is 120 cm³/mol. The Morgan fingerprint density at radius 1 is 1.27 bits per heavy atom. The number of ether oxygens (including phenoxy) is 1. The summed E-state index contributed by atoms with van der Waals surface area (Å²) >= 11 is 1.30. The number of amides is 1. The number of hydrogen-bond donors (Lipinski definition) is 1. The van der Waals surface area contributed by atoms with Crippen molar-refractivity contribution in [2.24, 2.45) is 0 Å². The molecule has 1 saturated heterocycles. The molecule has 0 bridgehead atoms. The number of fused-ring (bicyclic) bond motifs is 1. The zero-order chi connectivity index (χ0) is 21.1. The van der Waals surface area contributed by atoms with E-state index in [2.05, 4.69) is 5.32 Å². The molecule has 1 fully saturated rings. The number of para-hydroxylation sites is 1. The molecule has 0 radical (unpaired) electrons. The van der Waals surface area contributed by atoms with Gasteiger partial charge in [0.05, 0.1) is 28.8 Å². The summed E-state index contributed by atoms with van der Waals surface area (Å²) in [7, 11) is 0. The van der Waals surface area contributed by atoms with Gasteiger partial charge >= 0.3 is 0 Å². The highest BCUT2D eigenvalue weighted by Crippen LogP contribution is 2.25. The lowest BCUT2D eigenvalue weighted by Gasteiger charge is -2.18. The average molecular weight is 424 g/mol. The van der Waals surface area contributed by atoms with Gasteiger partial charge in [-0.25, -0.2) is 4.98 Å². The highest BCUT2D eigenvalue weighted by Gasteiger charge is 2.23. The molecule has 3 aromatic rings. The molecule has 2 atom stereocenters. The maximum atomic E-state index is 13.2. The lowest BCUT2D eigenvalue weighted by Crippen LogP contribution is -2.30. The van der Waals surface area contributed by atoms with Crippen LogP contribution in [0.2, 0.25) is 0 Å². The molecule has 2 aromatic carbocycles. The van der Waals surface area contributed by atoms with E-state index in [0.29, 0.717) is 22.6 Å². The highest BCUT2D eigenvalue weighted by atomic mass is 32.2. The minimum Gasteiger partial charge on any atom is -0.376 e. The van der Waals surface area contributed by atoms with Crippen LogP contribution in [0.15, 0.2) is 58.5 Å². The molecule has 7 heteroatoms. The Morgan fingerprint density at radius 3 is 2.77 bits per heavy atom. The molecule has 1 amide bonds. The van der Waals surface area contributed by atoms with Gasteiger partial charge in [-0.3, -0.25) is 14.2 Å². The molecule has 0 aliphatic carbocycles. The van der Waals surface area contributed by atoms with Gasteiger partial charge in [-0.1, -0.05) is 41.6 Å². The Labute approximate surface area is 179 Å². The summed E-state index contributed by atoms with van der Waals surface area (Å²) in [5, 5.41) is 3.64. The number of benzene rings is 2. The van der Waals surface area contributed by atoms with Gasteiger partial charge in [0.15, 0.2) is 5.16 Å². The largest absolute Gasteiger partial charge is 0.376 e. The van der Waals surface area contributed by atoms with Crippen molar-refractivity contribution >= 4 is 34.3 Å². The van der Waals surface area contributed by atoms with Crippen LogP contribution in [0.3, 0.4) is 0 Å². The Hall–Kier alpha value is -2.64. The van der Waals surface area contributed by atoms with E-state index in [1.807, 2.05) is 56.3 Å². The number of carbonyl (C=O) groups excluding carboxylic acids is 1. The second kappa shape index (κ2) is 9.02. The van der Waals surface area contributed by atoms with E-state index < -0.39 is 5.25 Å². The molecule has 1 N–H and O–H groups in total. The minimum absolute atomic E-state index is 0.00158. The summed E-state index contributed by atoms with van der Waals surface area (Å²) < 4.78 is 7.41. The van der Waals surface area contributed by atoms with Crippen LogP contribution in [-0.2, 0) is 16.1 Å². The first-order valence-electron chi connectivity index (χ1n) is 10.2. The van der Waals surface area contributed by atoms with E-state index in [1.165, 1.54) is 11.8 Å². The van der Waals surface area contributed by atoms with Gasteiger partial charge in [-0.15, -0.1) is 0 Å². The highest BCUT2D eigenvalue weighted by molar-refractivity contribution is 8.00. The van der Waals surface area contributed by atoms with Crippen molar-refractivity contribution < 1.29 is 9.53 Å². The van der Waals surface area contributed by atoms with Crippen molar-refractivity contribution in [3.05, 3.63) is 64.4 Å². The number of aryl methyl sites for hydroxylation is 1. The number of nitrogens with one attached hydrogen (secondary N) is 1. The Morgan fingerprint density at radius 2 is 2.03 bits per heavy atom. The van der Waals surface area contributed by atoms with Crippen molar-refractivity contribution in [1.29, 1.82) is 0 Å². The topological polar surface area (TPSA) is 73.2 Å². The summed E-state index contributed by atoms with van der Waals surface area (Å²) in [6.45, 7) is 5.00. The fourth-order valence-electron chi connectivity index (χ4n) is 3.48. The first-order chi connectivity index (χ1) is 14.5. The Kier molecular flexibility index (Phi) is 6.20. The van der Waals surface area contributed by atoms with Crippen molar-refractivity contribution in [2.45, 2.75) is 49.7 Å². The van der Waals surface area contributed by atoms with Crippen LogP contribution >= 0.6 is 11.8 Å². The molecule has 0 unspecified atom stereocenters. The number of hydrogen-bond acceptors (Lipinski definition) is 5. The van der Waals surface area contributed by atoms with Gasteiger partial charge in [0, 0.05) is 12.3 Å². The number of nitrogens with zero attached hydrogens (tertiary/aromatic N) is 2. The number of rotatable bonds is 6. The quantitative estimate of drug-likeness (QED) is 0.479. The van der Waals surface area contributed by atoms with E-state index in [4.69, 9.17) is 9.72 Å². The van der Waals surface area contributed by atoms with Gasteiger partial charge in [0.25, 0.3) is 5.56 Å². The molecule has 0 spiro atoms. The zero-order valence-corrected chi connectivity index (χ0v) is 17.9. The van der Waals surface area contributed by atoms with Crippen molar-refractivity contribution in [3.8, 4) is 0 Å². The van der Waals surface area contributed by atoms with Crippen LogP contribution in [0.25, 0.3) is 10.9 Å². The van der Waals surface area contributed by atoms with Crippen LogP contribution in [0.1, 0.15) is 25.3 Å². The third kappa shape index (κ3) is 4.57. The van der Waals surface area contributed by atoms with Crippen LogP contribution in [0.5, 0.6) is 0 Å². The van der Waals surface area contributed by atoms with Crippen molar-refractivity contribution in [3.63, 3.8) is 0 Å². The first-order valence-corrected chi connectivity index (χ1v) is 11.0. The number of aromatic nitrogens is 2. The summed E-state index contributed by atoms with van der Waals surface area (Å²) in [6, 6.07) is 15.0. The molecule has 4 rings (SSSR count). The van der Waals surface area contributed by atoms with Crippen LogP contribution in [0, 0.1) is 6.92 Å². The lowest BCUT2D eigenvalue weighted by atomic mass is 10.2. The van der Waals surface area contributed by atoms with Crippen LogP contribution < -0.4 is 10.9 Å². The molecule has 1 aliphatic rings. The van der Waals surface area contributed by atoms with Crippen molar-refractivity contribution in [1.82, 2.24) is 9.55 Å². The molecular formula is C23H25N3O3S. The van der Waals surface area contributed by atoms with Gasteiger partial charge in [-0.2, -0.15) is 0 Å². The second-order valence-electron chi connectivity index (χ2n) is 7.58. The van der Waals surface area contributed by atoms with Crippen LogP contribution in [0.4, 0.5) is 5.69 Å². The fourth-order valence-corrected chi connectivity index (χ4v) is 4.40. The number of carbonyl (C=O) groups is 1. The Bertz CT molecular complexity index is 1100. The summed E-state index contributed by atoms with van der Waals surface area (Å²) in [6.07, 6.45) is 1.92. The monoisotopic (exact) mass is 423 g/mol. The zero-order valence-electron chi connectivity index (χ0n) is 17.1. The maximum absolute atomic E-state index is 13.2. The smallest absolute Gasteiger partial charge is 0.262 e. The van der Waals surface area contributed by atoms with E-state index in [1.54, 1.807) is 10.6 Å². The number of anilines is 1. The number of thioether (sulfide) groups is 1. The molecule has 2 heterocycles. The molecule has 0 saturated carbocycles. The molecule has 6 nitrogen and oxygen atoms in total. The van der Waals surface area contributed by atoms with Gasteiger partial charge in [-0.05, 0) is 51.0 Å². The average Bonchev–Trinajstić information content (AvgIpc) is 3.26. The van der Waals surface area contributed by atoms with E-state index in [-0.39, 0.29) is 17.6 Å². The van der Waals surface area contributed by atoms with Crippen molar-refractivity contribution in [2.75, 3.05) is 11.9 Å². The molecular weight excluding hydrogens is 398 g/mol. The normalized spacial score (nSPS) is 17.2. The third-order valence-corrected chi connectivity index (χ3v) is 6.30. The SMILES string of the molecule is Cc1ccc(NC(=O)[C@H](C)Sc2nc3ccccc3c(=O)n2C[C@@H]2CCCO2)cc1. The summed E-state index contributed by atoms with van der Waals surface area (Å²) in [4.78, 5) is 30.6. The summed E-state index contributed by atoms with van der Waals surface area (Å²) in [5.41, 5.74) is 2.43. The van der Waals surface area contributed by atoms with Crippen LogP contribution in [-0.4, -0.2) is 33.4 Å². The van der Waals surface area contributed by atoms with E-state index in [9.17, 15) is 9.59 Å². The van der Waals surface area contributed by atoms with E-state index in [0.717, 1.165) is 30.7 Å². The van der Waals surface area contributed by atoms with Gasteiger partial charge in [0.2, 0.25) is 5.91 Å². The molecule has 1 aliphatic heterocycles. The maximum Gasteiger partial charge on any atom is 0.262 e. The lowest BCUT2D eigenvalue weighted by molar-refractivity contribution is -0.115. The Balaban J connectivity index is 1.60. The minimum atomic E-state index is -0.421. The predicted octanol–water partition coefficient (Wildman–Crippen LogP) is 4.00. The molecule has 156 valence electrons. The fraction of sp³-hybridized carbons (Fsp3) is 0.348. The van der Waals surface area contributed by atoms with Gasteiger partial charge in [0.1, 0.15) is 0 Å². The summed E-state index contributed by atoms with van der Waals surface area (Å²) in [5.74, 6) is -0.130. The molecule has 1 aromatic heterocycles. The second-order valence-corrected chi connectivity index (χ2v) is 8.89. The molecule has 30 heavy (non-hydrogen) atoms. The van der Waals surface area contributed by atoms with E-state index >= 15 is 0 Å². The standard InChI is InChI=1S/C23H25N3O3S/c1-15-9-11-17(12-10-15)24-21(27)16(2)30-23-25-20-8-4-3-7-19(20)22(28)26(23)14-18-6-5-13-29-18/h3-4,7-12,16,18H,5-6,13-14H2,1-2H3,(H,24,27)/t16-,18-/m0/s1. The van der Waals surface area contributed by atoms with Gasteiger partial charge < -0.3 is 10.1 Å². The first kappa shape index (κ1) is 20.6. The third-order valence-electron chi connectivity index (χ3n) is 5.21.